The van der Waals surface area contributed by atoms with Gasteiger partial charge in [0.05, 0.1) is 22.1 Å². The van der Waals surface area contributed by atoms with Crippen LogP contribution in [0.3, 0.4) is 0 Å². The summed E-state index contributed by atoms with van der Waals surface area (Å²) in [6.45, 7) is 0. The molecule has 0 aliphatic heterocycles. The zero-order valence-electron chi connectivity index (χ0n) is 50.5. The Morgan fingerprint density at radius 2 is 0.553 bits per heavy atom. The zero-order valence-corrected chi connectivity index (χ0v) is 50.5. The Bertz CT molecular complexity index is 5520. The number of para-hydroxylation sites is 2. The van der Waals surface area contributed by atoms with Crippen LogP contribution in [0.2, 0.25) is 0 Å². The lowest BCUT2D eigenvalue weighted by molar-refractivity contribution is 0.754. The van der Waals surface area contributed by atoms with Crippen molar-refractivity contribution < 1.29 is 0 Å². The SMILES string of the molecule is c1ccc(-c2nc(-c3ccc4c(c3)C3c5ccccc5C4c4cc(-c5nc(-c6ccccc6)nc(-c6ccccc6-c6ccc7c(c6)c6cnccc6n7-c6ccccc6)n5)ccc43)nc(-c3ccccc3-c3ccc4c(c3)c3cnccc3n4-c3ccccc3)n2)cc1. The molecule has 3 aliphatic carbocycles. The standard InChI is InChI=1S/C84H52N10/c1-5-19-51(20-6-1)79-87-81(91-83(89-79)65-31-17-13-27-59(65)53-35-39-73-67(45-53)71-49-85-43-41-75(71)93(73)57-23-9-3-10-24-57)55-33-37-63-69(47-55)77-61-29-15-16-30-62(61)78(63)70-48-56(34-38-64(70)77)82-88-80(52-21-7-2-8-22-52)90-84(92-82)66-32-18-14-28-60(66)54-36-40-74-68(46-54)72-50-86-44-42-76(72)94(74)58-25-11-4-12-26-58/h1-50,77-78H. The molecule has 17 aromatic rings. The molecule has 0 radical (unpaired) electrons. The number of benzene rings is 11. The van der Waals surface area contributed by atoms with Crippen molar-refractivity contribution in [2.75, 3.05) is 0 Å². The van der Waals surface area contributed by atoms with Gasteiger partial charge in [-0.1, -0.05) is 206 Å². The largest absolute Gasteiger partial charge is 0.309 e. The Morgan fingerprint density at radius 1 is 0.223 bits per heavy atom. The minimum absolute atomic E-state index is 0.0516. The second kappa shape index (κ2) is 21.5. The molecule has 0 amide bonds. The van der Waals surface area contributed by atoms with Gasteiger partial charge in [0.1, 0.15) is 0 Å². The molecule has 6 heterocycles. The summed E-state index contributed by atoms with van der Waals surface area (Å²) in [5, 5.41) is 4.40. The predicted molar refractivity (Wildman–Crippen MR) is 376 cm³/mol. The Labute approximate surface area is 540 Å². The summed E-state index contributed by atoms with van der Waals surface area (Å²) >= 11 is 0. The van der Waals surface area contributed by atoms with E-state index in [9.17, 15) is 0 Å². The first-order valence-electron chi connectivity index (χ1n) is 31.7. The quantitative estimate of drug-likeness (QED) is 0.133. The van der Waals surface area contributed by atoms with Crippen LogP contribution in [-0.4, -0.2) is 49.0 Å². The zero-order chi connectivity index (χ0) is 61.8. The molecule has 2 bridgehead atoms. The average Bonchev–Trinajstić information content (AvgIpc) is 1.23. The molecule has 3 aliphatic rings. The summed E-state index contributed by atoms with van der Waals surface area (Å²) in [6, 6.07) is 98.6. The number of hydrogen-bond acceptors (Lipinski definition) is 8. The van der Waals surface area contributed by atoms with Crippen LogP contribution in [0.15, 0.2) is 304 Å². The molecule has 20 rings (SSSR count). The normalized spacial score (nSPS) is 13.7. The first-order chi connectivity index (χ1) is 46.6. The smallest absolute Gasteiger partial charge is 0.164 e. The highest BCUT2D eigenvalue weighted by Crippen LogP contribution is 2.57. The highest BCUT2D eigenvalue weighted by atomic mass is 15.0. The highest BCUT2D eigenvalue weighted by Gasteiger charge is 2.42. The average molecular weight is 1200 g/mol. The van der Waals surface area contributed by atoms with E-state index in [1.165, 1.54) is 33.4 Å². The van der Waals surface area contributed by atoms with Crippen molar-refractivity contribution in [1.82, 2.24) is 49.0 Å². The van der Waals surface area contributed by atoms with Crippen LogP contribution in [0.4, 0.5) is 0 Å². The molecule has 0 saturated carbocycles. The van der Waals surface area contributed by atoms with Gasteiger partial charge in [0.15, 0.2) is 34.9 Å². The third-order valence-electron chi connectivity index (χ3n) is 19.0. The number of fused-ring (bicyclic) bond motifs is 6. The van der Waals surface area contributed by atoms with Gasteiger partial charge < -0.3 is 9.13 Å². The fraction of sp³-hybridized carbons (Fsp3) is 0.0238. The lowest BCUT2D eigenvalue weighted by atomic mass is 9.61. The first kappa shape index (κ1) is 53.2. The Hall–Kier alpha value is -12.7. The van der Waals surface area contributed by atoms with Crippen LogP contribution >= 0.6 is 0 Å². The fourth-order valence-corrected chi connectivity index (χ4v) is 14.8. The van der Waals surface area contributed by atoms with E-state index in [0.29, 0.717) is 34.9 Å². The van der Waals surface area contributed by atoms with Crippen molar-refractivity contribution in [2.45, 2.75) is 11.8 Å². The van der Waals surface area contributed by atoms with E-state index in [2.05, 4.69) is 262 Å². The molecule has 2 atom stereocenters. The van der Waals surface area contributed by atoms with Gasteiger partial charge in [-0.05, 0) is 128 Å². The van der Waals surface area contributed by atoms with Crippen molar-refractivity contribution in [3.05, 3.63) is 337 Å². The lowest BCUT2D eigenvalue weighted by Crippen LogP contribution is -2.27. The second-order valence-corrected chi connectivity index (χ2v) is 24.2. The van der Waals surface area contributed by atoms with Crippen molar-refractivity contribution in [2.24, 2.45) is 0 Å². The Morgan fingerprint density at radius 3 is 0.979 bits per heavy atom. The summed E-state index contributed by atoms with van der Waals surface area (Å²) in [4.78, 5) is 41.3. The van der Waals surface area contributed by atoms with Gasteiger partial charge in [0.25, 0.3) is 0 Å². The van der Waals surface area contributed by atoms with Gasteiger partial charge in [-0.15, -0.1) is 0 Å². The Balaban J connectivity index is 0.716. The van der Waals surface area contributed by atoms with Crippen LogP contribution in [0.25, 0.3) is 146 Å². The monoisotopic (exact) mass is 1200 g/mol. The molecule has 0 spiro atoms. The van der Waals surface area contributed by atoms with Crippen molar-refractivity contribution >= 4 is 43.6 Å². The van der Waals surface area contributed by atoms with Gasteiger partial charge in [-0.25, -0.2) is 29.9 Å². The highest BCUT2D eigenvalue weighted by molar-refractivity contribution is 6.12. The molecule has 11 aromatic carbocycles. The summed E-state index contributed by atoms with van der Waals surface area (Å²) in [6.07, 6.45) is 7.67. The van der Waals surface area contributed by atoms with E-state index < -0.39 is 0 Å². The van der Waals surface area contributed by atoms with Crippen LogP contribution in [-0.2, 0) is 0 Å². The van der Waals surface area contributed by atoms with E-state index >= 15 is 0 Å². The van der Waals surface area contributed by atoms with Crippen molar-refractivity contribution in [3.63, 3.8) is 0 Å². The molecule has 0 saturated heterocycles. The molecule has 0 N–H and O–H groups in total. The maximum absolute atomic E-state index is 5.44. The molecule has 438 valence electrons. The third-order valence-corrected chi connectivity index (χ3v) is 19.0. The van der Waals surface area contributed by atoms with E-state index in [4.69, 9.17) is 29.9 Å². The second-order valence-electron chi connectivity index (χ2n) is 24.2. The third kappa shape index (κ3) is 8.57. The lowest BCUT2D eigenvalue weighted by Gasteiger charge is -2.42. The van der Waals surface area contributed by atoms with E-state index in [1.54, 1.807) is 0 Å². The molecule has 10 heteroatoms. The van der Waals surface area contributed by atoms with Crippen LogP contribution < -0.4 is 0 Å². The Kier molecular flexibility index (Phi) is 12.2. The van der Waals surface area contributed by atoms with Crippen LogP contribution in [0.5, 0.6) is 0 Å². The minimum Gasteiger partial charge on any atom is -0.309 e. The summed E-state index contributed by atoms with van der Waals surface area (Å²) in [5.74, 6) is 3.51. The predicted octanol–water partition coefficient (Wildman–Crippen LogP) is 19.4. The number of aromatic nitrogens is 10. The summed E-state index contributed by atoms with van der Waals surface area (Å²) < 4.78 is 4.63. The van der Waals surface area contributed by atoms with Crippen LogP contribution in [0, 0.1) is 0 Å². The number of pyridine rings is 2. The minimum atomic E-state index is -0.0516. The van der Waals surface area contributed by atoms with Gasteiger partial charge in [-0.3, -0.25) is 9.97 Å². The first-order valence-corrected chi connectivity index (χ1v) is 31.7. The van der Waals surface area contributed by atoms with Gasteiger partial charge in [0, 0.05) is 103 Å². The molecular weight excluding hydrogens is 1150 g/mol. The van der Waals surface area contributed by atoms with Crippen molar-refractivity contribution in [1.29, 1.82) is 0 Å². The molecule has 6 aromatic heterocycles. The summed E-state index contributed by atoms with van der Waals surface area (Å²) in [5.41, 5.74) is 23.9. The summed E-state index contributed by atoms with van der Waals surface area (Å²) in [7, 11) is 0. The van der Waals surface area contributed by atoms with Crippen molar-refractivity contribution in [3.8, 4) is 102 Å². The van der Waals surface area contributed by atoms with E-state index in [-0.39, 0.29) is 11.8 Å². The molecule has 94 heavy (non-hydrogen) atoms. The van der Waals surface area contributed by atoms with Gasteiger partial charge in [0.2, 0.25) is 0 Å². The topological polar surface area (TPSA) is 113 Å². The number of hydrogen-bond donors (Lipinski definition) is 0. The molecule has 10 nitrogen and oxygen atoms in total. The maximum atomic E-state index is 5.44. The number of rotatable bonds is 10. The van der Waals surface area contributed by atoms with Gasteiger partial charge in [-0.2, -0.15) is 0 Å². The maximum Gasteiger partial charge on any atom is 0.164 e. The van der Waals surface area contributed by atoms with E-state index in [0.717, 1.165) is 111 Å². The molecular formula is C84H52N10. The van der Waals surface area contributed by atoms with Gasteiger partial charge >= 0.3 is 0 Å². The fourth-order valence-electron chi connectivity index (χ4n) is 14.8. The van der Waals surface area contributed by atoms with E-state index in [1.807, 2.05) is 61.2 Å². The molecule has 2 unspecified atom stereocenters. The van der Waals surface area contributed by atoms with Crippen LogP contribution in [0.1, 0.15) is 45.2 Å². The molecule has 0 fully saturated rings. The number of nitrogens with zero attached hydrogens (tertiary/aromatic N) is 10.